The number of benzene rings is 3. The van der Waals surface area contributed by atoms with Gasteiger partial charge >= 0.3 is 0 Å². The van der Waals surface area contributed by atoms with Crippen molar-refractivity contribution in [2.24, 2.45) is 12.0 Å². The molecule has 4 aromatic rings. The number of aromatic nitrogens is 1. The first-order chi connectivity index (χ1) is 12.1. The third kappa shape index (κ3) is 2.99. The second-order valence-electron chi connectivity index (χ2n) is 5.85. The minimum Gasteiger partial charge on any atom is -0.318 e. The van der Waals surface area contributed by atoms with Crippen molar-refractivity contribution in [1.29, 1.82) is 0 Å². The van der Waals surface area contributed by atoms with Crippen LogP contribution < -0.4 is 4.80 Å². The van der Waals surface area contributed by atoms with Gasteiger partial charge in [-0.05, 0) is 28.5 Å². The predicted octanol–water partition coefficient (Wildman–Crippen LogP) is 4.72. The highest BCUT2D eigenvalue weighted by Crippen LogP contribution is 2.24. The molecule has 0 spiro atoms. The minimum absolute atomic E-state index is 0.158. The number of carbonyl (C=O) groups is 1. The Bertz CT molecular complexity index is 1170. The molecule has 1 aromatic heterocycles. The van der Waals surface area contributed by atoms with Crippen LogP contribution in [0.1, 0.15) is 5.56 Å². The molecule has 0 fully saturated rings. The second-order valence-corrected chi connectivity index (χ2v) is 7.27. The van der Waals surface area contributed by atoms with Crippen molar-refractivity contribution >= 4 is 49.8 Å². The Balaban J connectivity index is 1.74. The summed E-state index contributed by atoms with van der Waals surface area (Å²) in [5.41, 5.74) is 1.90. The van der Waals surface area contributed by atoms with Gasteiger partial charge in [-0.2, -0.15) is 4.99 Å². The van der Waals surface area contributed by atoms with Crippen molar-refractivity contribution in [2.45, 2.75) is 6.42 Å². The molecule has 1 amide bonds. The number of para-hydroxylation sites is 1. The molecule has 0 aliphatic heterocycles. The Labute approximate surface area is 153 Å². The molecule has 0 aliphatic carbocycles. The van der Waals surface area contributed by atoms with E-state index in [1.54, 1.807) is 0 Å². The molecule has 3 aromatic carbocycles. The van der Waals surface area contributed by atoms with Crippen molar-refractivity contribution in [2.75, 3.05) is 0 Å². The molecule has 25 heavy (non-hydrogen) atoms. The quantitative estimate of drug-likeness (QED) is 0.505. The van der Waals surface area contributed by atoms with E-state index in [-0.39, 0.29) is 12.3 Å². The molecular formula is C20H15ClN2OS. The van der Waals surface area contributed by atoms with Crippen LogP contribution in [0.15, 0.2) is 65.7 Å². The Morgan fingerprint density at radius 2 is 1.84 bits per heavy atom. The van der Waals surface area contributed by atoms with Gasteiger partial charge in [0, 0.05) is 7.05 Å². The fraction of sp³-hybridized carbons (Fsp3) is 0.100. The van der Waals surface area contributed by atoms with Gasteiger partial charge in [0.25, 0.3) is 5.91 Å². The van der Waals surface area contributed by atoms with Crippen LogP contribution in [0, 0.1) is 0 Å². The summed E-state index contributed by atoms with van der Waals surface area (Å²) in [5, 5.41) is 2.89. The maximum Gasteiger partial charge on any atom is 0.252 e. The van der Waals surface area contributed by atoms with E-state index in [9.17, 15) is 4.79 Å². The monoisotopic (exact) mass is 366 g/mol. The van der Waals surface area contributed by atoms with Crippen LogP contribution in [0.2, 0.25) is 5.02 Å². The number of halogens is 1. The zero-order chi connectivity index (χ0) is 17.4. The fourth-order valence-corrected chi connectivity index (χ4v) is 4.44. The highest BCUT2D eigenvalue weighted by molar-refractivity contribution is 7.16. The summed E-state index contributed by atoms with van der Waals surface area (Å²) in [6.07, 6.45) is 0.281. The van der Waals surface area contributed by atoms with Crippen molar-refractivity contribution in [3.05, 3.63) is 76.1 Å². The lowest BCUT2D eigenvalue weighted by atomic mass is 10.0. The minimum atomic E-state index is -0.158. The number of thiazole rings is 1. The van der Waals surface area contributed by atoms with E-state index in [0.29, 0.717) is 9.82 Å². The average Bonchev–Trinajstić information content (AvgIpc) is 2.92. The Morgan fingerprint density at radius 3 is 2.68 bits per heavy atom. The van der Waals surface area contributed by atoms with Crippen LogP contribution in [0.4, 0.5) is 0 Å². The SMILES string of the molecule is Cn1c(=NC(=O)Cc2cccc3ccccc23)sc2cccc(Cl)c21. The van der Waals surface area contributed by atoms with Crippen LogP contribution in [0.25, 0.3) is 21.0 Å². The van der Waals surface area contributed by atoms with Crippen molar-refractivity contribution < 1.29 is 4.79 Å². The average molecular weight is 367 g/mol. The number of hydrogen-bond acceptors (Lipinski definition) is 2. The molecule has 0 saturated heterocycles. The van der Waals surface area contributed by atoms with Gasteiger partial charge in [-0.3, -0.25) is 4.79 Å². The summed E-state index contributed by atoms with van der Waals surface area (Å²) in [6.45, 7) is 0. The van der Waals surface area contributed by atoms with Crippen LogP contribution >= 0.6 is 22.9 Å². The lowest BCUT2D eigenvalue weighted by molar-refractivity contribution is -0.117. The van der Waals surface area contributed by atoms with Crippen LogP contribution in [-0.4, -0.2) is 10.5 Å². The normalized spacial score (nSPS) is 12.2. The Kier molecular flexibility index (Phi) is 4.15. The molecule has 4 rings (SSSR count). The number of rotatable bonds is 2. The fourth-order valence-electron chi connectivity index (χ4n) is 3.02. The first-order valence-electron chi connectivity index (χ1n) is 7.92. The molecule has 0 aliphatic rings. The lowest BCUT2D eigenvalue weighted by Gasteiger charge is -2.04. The highest BCUT2D eigenvalue weighted by Gasteiger charge is 2.09. The number of aryl methyl sites for hydroxylation is 1. The number of fused-ring (bicyclic) bond motifs is 2. The van der Waals surface area contributed by atoms with E-state index in [0.717, 1.165) is 26.6 Å². The number of hydrogen-bond donors (Lipinski definition) is 0. The molecule has 0 N–H and O–H groups in total. The first-order valence-corrected chi connectivity index (χ1v) is 9.11. The van der Waals surface area contributed by atoms with Crippen molar-refractivity contribution in [1.82, 2.24) is 4.57 Å². The second kappa shape index (κ2) is 6.47. The number of nitrogens with zero attached hydrogens (tertiary/aromatic N) is 2. The topological polar surface area (TPSA) is 34.4 Å². The molecule has 0 atom stereocenters. The summed E-state index contributed by atoms with van der Waals surface area (Å²) in [6, 6.07) is 19.8. The van der Waals surface area contributed by atoms with E-state index in [1.165, 1.54) is 11.3 Å². The molecule has 124 valence electrons. The van der Waals surface area contributed by atoms with Gasteiger partial charge < -0.3 is 4.57 Å². The van der Waals surface area contributed by atoms with Crippen molar-refractivity contribution in [3.8, 4) is 0 Å². The van der Waals surface area contributed by atoms with Gasteiger partial charge in [0.05, 0.1) is 21.7 Å². The Morgan fingerprint density at radius 1 is 1.08 bits per heavy atom. The van der Waals surface area contributed by atoms with E-state index < -0.39 is 0 Å². The maximum atomic E-state index is 12.5. The summed E-state index contributed by atoms with van der Waals surface area (Å²) >= 11 is 7.74. The van der Waals surface area contributed by atoms with Crippen molar-refractivity contribution in [3.63, 3.8) is 0 Å². The third-order valence-corrected chi connectivity index (χ3v) is 5.62. The van der Waals surface area contributed by atoms with Crippen LogP contribution in [0.3, 0.4) is 0 Å². The van der Waals surface area contributed by atoms with Gasteiger partial charge in [-0.1, -0.05) is 71.5 Å². The molecule has 0 saturated carbocycles. The molecule has 0 bridgehead atoms. The van der Waals surface area contributed by atoms with Gasteiger partial charge in [0.2, 0.25) is 0 Å². The smallest absolute Gasteiger partial charge is 0.252 e. The van der Waals surface area contributed by atoms with E-state index in [1.807, 2.05) is 60.1 Å². The van der Waals surface area contributed by atoms with Gasteiger partial charge in [0.1, 0.15) is 0 Å². The first kappa shape index (κ1) is 16.1. The summed E-state index contributed by atoms with van der Waals surface area (Å²) in [7, 11) is 1.88. The molecule has 0 unspecified atom stereocenters. The van der Waals surface area contributed by atoms with Gasteiger partial charge in [-0.15, -0.1) is 0 Å². The molecule has 5 heteroatoms. The Hall–Kier alpha value is -2.43. The third-order valence-electron chi connectivity index (χ3n) is 4.22. The van der Waals surface area contributed by atoms with E-state index >= 15 is 0 Å². The zero-order valence-electron chi connectivity index (χ0n) is 13.6. The molecule has 1 heterocycles. The molecule has 0 radical (unpaired) electrons. The maximum absolute atomic E-state index is 12.5. The largest absolute Gasteiger partial charge is 0.318 e. The van der Waals surface area contributed by atoms with Crippen LogP contribution in [0.5, 0.6) is 0 Å². The summed E-state index contributed by atoms with van der Waals surface area (Å²) < 4.78 is 2.90. The standard InChI is InChI=1S/C20H15ClN2OS/c1-23-19-16(21)10-5-11-17(19)25-20(23)22-18(24)12-14-8-4-7-13-6-2-3-9-15(13)14/h2-11H,12H2,1H3. The summed E-state index contributed by atoms with van der Waals surface area (Å²) in [5.74, 6) is -0.158. The molecular weight excluding hydrogens is 352 g/mol. The predicted molar refractivity (Wildman–Crippen MR) is 104 cm³/mol. The zero-order valence-corrected chi connectivity index (χ0v) is 15.1. The number of carbonyl (C=O) groups excluding carboxylic acids is 1. The van der Waals surface area contributed by atoms with Gasteiger partial charge in [-0.25, -0.2) is 0 Å². The number of amides is 1. The molecule has 3 nitrogen and oxygen atoms in total. The van der Waals surface area contributed by atoms with E-state index in [4.69, 9.17) is 11.6 Å². The van der Waals surface area contributed by atoms with E-state index in [2.05, 4.69) is 17.1 Å². The summed E-state index contributed by atoms with van der Waals surface area (Å²) in [4.78, 5) is 17.5. The van der Waals surface area contributed by atoms with Gasteiger partial charge in [0.15, 0.2) is 4.80 Å². The van der Waals surface area contributed by atoms with Crippen LogP contribution in [-0.2, 0) is 18.3 Å². The lowest BCUT2D eigenvalue weighted by Crippen LogP contribution is -2.14. The highest BCUT2D eigenvalue weighted by atomic mass is 35.5.